The van der Waals surface area contributed by atoms with Gasteiger partial charge in [0.05, 0.1) is 12.7 Å². The molecular weight excluding hydrogens is 242 g/mol. The molecule has 0 unspecified atom stereocenters. The van der Waals surface area contributed by atoms with Crippen LogP contribution in [0.15, 0.2) is 48.5 Å². The van der Waals surface area contributed by atoms with Crippen LogP contribution in [0.3, 0.4) is 0 Å². The first-order valence-corrected chi connectivity index (χ1v) is 5.70. The molecule has 96 valence electrons. The standard InChI is InChI=1S/C15H13NO3/c1-19-15(18)12-6-2-4-10(8-12)14(17)11-5-3-7-13(16)9-11/h2-9H,16H2,1H3. The highest BCUT2D eigenvalue weighted by Gasteiger charge is 2.12. The smallest absolute Gasteiger partial charge is 0.337 e. The average molecular weight is 255 g/mol. The van der Waals surface area contributed by atoms with E-state index in [4.69, 9.17) is 5.73 Å². The van der Waals surface area contributed by atoms with Gasteiger partial charge in [-0.1, -0.05) is 24.3 Å². The first kappa shape index (κ1) is 12.8. The van der Waals surface area contributed by atoms with Crippen molar-refractivity contribution in [2.24, 2.45) is 0 Å². The van der Waals surface area contributed by atoms with Crippen LogP contribution < -0.4 is 5.73 Å². The molecule has 0 heterocycles. The van der Waals surface area contributed by atoms with Gasteiger partial charge in [-0.05, 0) is 24.3 Å². The first-order valence-electron chi connectivity index (χ1n) is 5.70. The lowest BCUT2D eigenvalue weighted by Crippen LogP contribution is -2.06. The minimum absolute atomic E-state index is 0.182. The number of hydrogen-bond acceptors (Lipinski definition) is 4. The number of carbonyl (C=O) groups is 2. The fourth-order valence-corrected chi connectivity index (χ4v) is 1.75. The van der Waals surface area contributed by atoms with Crippen LogP contribution in [0.25, 0.3) is 0 Å². The Labute approximate surface area is 110 Å². The van der Waals surface area contributed by atoms with Gasteiger partial charge >= 0.3 is 5.97 Å². The molecule has 0 atom stereocenters. The minimum atomic E-state index is -0.470. The van der Waals surface area contributed by atoms with Crippen molar-refractivity contribution in [1.82, 2.24) is 0 Å². The molecule has 0 aliphatic carbocycles. The van der Waals surface area contributed by atoms with Crippen molar-refractivity contribution in [1.29, 1.82) is 0 Å². The summed E-state index contributed by atoms with van der Waals surface area (Å²) in [6.07, 6.45) is 0. The Bertz CT molecular complexity index is 635. The fourth-order valence-electron chi connectivity index (χ4n) is 1.75. The lowest BCUT2D eigenvalue weighted by Gasteiger charge is -2.04. The van der Waals surface area contributed by atoms with Crippen molar-refractivity contribution in [3.63, 3.8) is 0 Å². The average Bonchev–Trinajstić information content (AvgIpc) is 2.45. The zero-order valence-corrected chi connectivity index (χ0v) is 10.4. The van der Waals surface area contributed by atoms with Gasteiger partial charge < -0.3 is 10.5 Å². The normalized spacial score (nSPS) is 9.95. The number of benzene rings is 2. The van der Waals surface area contributed by atoms with E-state index >= 15 is 0 Å². The Morgan fingerprint density at radius 3 is 2.16 bits per heavy atom. The van der Waals surface area contributed by atoms with Crippen LogP contribution in [0.2, 0.25) is 0 Å². The van der Waals surface area contributed by atoms with Crippen molar-refractivity contribution in [2.45, 2.75) is 0 Å². The van der Waals surface area contributed by atoms with Crippen LogP contribution in [0.1, 0.15) is 26.3 Å². The SMILES string of the molecule is COC(=O)c1cccc(C(=O)c2cccc(N)c2)c1. The topological polar surface area (TPSA) is 69.4 Å². The van der Waals surface area contributed by atoms with Crippen molar-refractivity contribution in [3.05, 3.63) is 65.2 Å². The number of carbonyl (C=O) groups excluding carboxylic acids is 2. The van der Waals surface area contributed by atoms with Gasteiger partial charge in [0.2, 0.25) is 0 Å². The van der Waals surface area contributed by atoms with Crippen LogP contribution in [0.5, 0.6) is 0 Å². The second-order valence-corrected chi connectivity index (χ2v) is 4.03. The number of nitrogens with two attached hydrogens (primary N) is 1. The van der Waals surface area contributed by atoms with E-state index in [2.05, 4.69) is 4.74 Å². The van der Waals surface area contributed by atoms with E-state index in [0.29, 0.717) is 22.4 Å². The van der Waals surface area contributed by atoms with Gasteiger partial charge in [-0.3, -0.25) is 4.79 Å². The molecule has 0 aromatic heterocycles. The zero-order valence-electron chi connectivity index (χ0n) is 10.4. The first-order chi connectivity index (χ1) is 9.11. The molecule has 0 amide bonds. The summed E-state index contributed by atoms with van der Waals surface area (Å²) < 4.78 is 4.63. The predicted octanol–water partition coefficient (Wildman–Crippen LogP) is 2.29. The quantitative estimate of drug-likeness (QED) is 0.519. The molecule has 19 heavy (non-hydrogen) atoms. The Hall–Kier alpha value is -2.62. The number of ketones is 1. The maximum atomic E-state index is 12.3. The third-order valence-corrected chi connectivity index (χ3v) is 2.69. The van der Waals surface area contributed by atoms with E-state index in [0.717, 1.165) is 0 Å². The highest BCUT2D eigenvalue weighted by molar-refractivity contribution is 6.10. The van der Waals surface area contributed by atoms with Gasteiger partial charge in [-0.15, -0.1) is 0 Å². The van der Waals surface area contributed by atoms with E-state index in [1.807, 2.05) is 0 Å². The summed E-state index contributed by atoms with van der Waals surface area (Å²) >= 11 is 0. The van der Waals surface area contributed by atoms with Gasteiger partial charge in [0.25, 0.3) is 0 Å². The van der Waals surface area contributed by atoms with Crippen LogP contribution in [-0.2, 0) is 4.74 Å². The largest absolute Gasteiger partial charge is 0.465 e. The maximum absolute atomic E-state index is 12.3. The third-order valence-electron chi connectivity index (χ3n) is 2.69. The Balaban J connectivity index is 2.37. The molecule has 0 fully saturated rings. The van der Waals surface area contributed by atoms with Crippen LogP contribution in [0, 0.1) is 0 Å². The molecule has 0 spiro atoms. The van der Waals surface area contributed by atoms with Gasteiger partial charge in [0.1, 0.15) is 0 Å². The molecule has 0 aliphatic heterocycles. The van der Waals surface area contributed by atoms with Gasteiger partial charge in [0, 0.05) is 16.8 Å². The Morgan fingerprint density at radius 2 is 1.53 bits per heavy atom. The molecule has 0 saturated heterocycles. The molecule has 2 aromatic rings. The summed E-state index contributed by atoms with van der Waals surface area (Å²) in [7, 11) is 1.30. The highest BCUT2D eigenvalue weighted by atomic mass is 16.5. The number of esters is 1. The van der Waals surface area contributed by atoms with Gasteiger partial charge in [0.15, 0.2) is 5.78 Å². The molecule has 4 nitrogen and oxygen atoms in total. The number of rotatable bonds is 3. The van der Waals surface area contributed by atoms with Crippen LogP contribution in [-0.4, -0.2) is 18.9 Å². The van der Waals surface area contributed by atoms with Crippen molar-refractivity contribution >= 4 is 17.4 Å². The summed E-state index contributed by atoms with van der Waals surface area (Å²) in [5.41, 5.74) is 7.43. The maximum Gasteiger partial charge on any atom is 0.337 e. The van der Waals surface area contributed by atoms with E-state index in [-0.39, 0.29) is 5.78 Å². The number of methoxy groups -OCH3 is 1. The van der Waals surface area contributed by atoms with Crippen molar-refractivity contribution < 1.29 is 14.3 Å². The lowest BCUT2D eigenvalue weighted by molar-refractivity contribution is 0.0600. The molecular formula is C15H13NO3. The second-order valence-electron chi connectivity index (χ2n) is 4.03. The van der Waals surface area contributed by atoms with Crippen LogP contribution in [0.4, 0.5) is 5.69 Å². The van der Waals surface area contributed by atoms with Crippen molar-refractivity contribution in [3.8, 4) is 0 Å². The Kier molecular flexibility index (Phi) is 3.61. The summed E-state index contributed by atoms with van der Waals surface area (Å²) in [4.78, 5) is 23.7. The summed E-state index contributed by atoms with van der Waals surface area (Å²) in [6.45, 7) is 0. The number of nitrogen functional groups attached to an aromatic ring is 1. The molecule has 0 saturated carbocycles. The van der Waals surface area contributed by atoms with E-state index < -0.39 is 5.97 Å². The van der Waals surface area contributed by atoms with Crippen LogP contribution >= 0.6 is 0 Å². The van der Waals surface area contributed by atoms with Gasteiger partial charge in [-0.2, -0.15) is 0 Å². The second kappa shape index (κ2) is 5.35. The van der Waals surface area contributed by atoms with E-state index in [9.17, 15) is 9.59 Å². The number of hydrogen-bond donors (Lipinski definition) is 1. The third kappa shape index (κ3) is 2.80. The Morgan fingerprint density at radius 1 is 0.947 bits per heavy atom. The van der Waals surface area contributed by atoms with E-state index in [1.54, 1.807) is 42.5 Å². The molecule has 0 radical (unpaired) electrons. The number of anilines is 1. The van der Waals surface area contributed by atoms with Gasteiger partial charge in [-0.25, -0.2) is 4.79 Å². The monoisotopic (exact) mass is 255 g/mol. The molecule has 2 aromatic carbocycles. The summed E-state index contributed by atoms with van der Waals surface area (Å²) in [6, 6.07) is 13.1. The minimum Gasteiger partial charge on any atom is -0.465 e. The van der Waals surface area contributed by atoms with E-state index in [1.165, 1.54) is 13.2 Å². The summed E-state index contributed by atoms with van der Waals surface area (Å²) in [5.74, 6) is -0.653. The molecule has 2 N–H and O–H groups in total. The molecule has 2 rings (SSSR count). The lowest BCUT2D eigenvalue weighted by atomic mass is 10.0. The molecule has 4 heteroatoms. The zero-order chi connectivity index (χ0) is 13.8. The fraction of sp³-hybridized carbons (Fsp3) is 0.0667. The predicted molar refractivity (Wildman–Crippen MR) is 72.1 cm³/mol. The molecule has 0 bridgehead atoms. The molecule has 0 aliphatic rings. The highest BCUT2D eigenvalue weighted by Crippen LogP contribution is 2.14. The van der Waals surface area contributed by atoms with Crippen molar-refractivity contribution in [2.75, 3.05) is 12.8 Å². The summed E-state index contributed by atoms with van der Waals surface area (Å²) in [5, 5.41) is 0. The number of ether oxygens (including phenoxy) is 1.